The van der Waals surface area contributed by atoms with Crippen LogP contribution in [0.1, 0.15) is 28.4 Å². The lowest BCUT2D eigenvalue weighted by Gasteiger charge is -2.34. The van der Waals surface area contributed by atoms with Crippen molar-refractivity contribution in [2.45, 2.75) is 25.7 Å². The third-order valence-electron chi connectivity index (χ3n) is 5.07. The minimum Gasteiger partial charge on any atom is -0.345 e. The molecule has 3 aromatic rings. The summed E-state index contributed by atoms with van der Waals surface area (Å²) >= 11 is 3.55. The first kappa shape index (κ1) is 19.3. The topological polar surface area (TPSA) is 36.4 Å². The lowest BCUT2D eigenvalue weighted by Crippen LogP contribution is -2.48. The predicted octanol–water partition coefficient (Wildman–Crippen LogP) is 4.99. The number of thioether (sulfide) groups is 1. The normalized spacial score (nSPS) is 14.7. The van der Waals surface area contributed by atoms with Crippen LogP contribution < -0.4 is 4.90 Å². The molecule has 2 heterocycles. The number of nitrogens with zero attached hydrogens (tertiary/aromatic N) is 3. The summed E-state index contributed by atoms with van der Waals surface area (Å²) in [6.07, 6.45) is 0. The Morgan fingerprint density at radius 2 is 1.82 bits per heavy atom. The van der Waals surface area contributed by atoms with Crippen LogP contribution in [0.4, 0.5) is 5.13 Å². The first-order chi connectivity index (χ1) is 13.5. The van der Waals surface area contributed by atoms with E-state index in [1.807, 2.05) is 29.2 Å². The Morgan fingerprint density at radius 1 is 1.11 bits per heavy atom. The fourth-order valence-corrected chi connectivity index (χ4v) is 5.49. The summed E-state index contributed by atoms with van der Waals surface area (Å²) in [5.74, 6) is 1.17. The van der Waals surface area contributed by atoms with Gasteiger partial charge in [0.1, 0.15) is 0 Å². The second-order valence-electron chi connectivity index (χ2n) is 7.16. The Bertz CT molecular complexity index is 989. The number of anilines is 1. The molecule has 146 valence electrons. The molecule has 0 N–H and O–H groups in total. The summed E-state index contributed by atoms with van der Waals surface area (Å²) < 4.78 is 1.25. The largest absolute Gasteiger partial charge is 0.345 e. The second-order valence-corrected chi connectivity index (χ2v) is 9.51. The van der Waals surface area contributed by atoms with E-state index >= 15 is 0 Å². The molecule has 1 amide bonds. The number of carbonyl (C=O) groups excluding carboxylic acids is 1. The summed E-state index contributed by atoms with van der Waals surface area (Å²) in [5, 5.41) is 1.07. The van der Waals surface area contributed by atoms with E-state index in [1.54, 1.807) is 23.1 Å². The SMILES string of the molecule is CCSc1ccc(C(=O)N2CCN(c3nc4c(C)cc(C)cc4s3)CC2)cc1. The van der Waals surface area contributed by atoms with E-state index in [-0.39, 0.29) is 5.91 Å². The highest BCUT2D eigenvalue weighted by Gasteiger charge is 2.24. The van der Waals surface area contributed by atoms with Gasteiger partial charge < -0.3 is 9.80 Å². The molecule has 1 aromatic heterocycles. The van der Waals surface area contributed by atoms with Gasteiger partial charge >= 0.3 is 0 Å². The van der Waals surface area contributed by atoms with E-state index in [1.165, 1.54) is 20.7 Å². The number of hydrogen-bond acceptors (Lipinski definition) is 5. The standard InChI is InChI=1S/C22H25N3OS2/c1-4-27-18-7-5-17(6-8-18)21(26)24-9-11-25(12-10-24)22-23-20-16(3)13-15(2)14-19(20)28-22/h5-8,13-14H,4,9-12H2,1-3H3. The zero-order valence-corrected chi connectivity index (χ0v) is 18.2. The van der Waals surface area contributed by atoms with Crippen LogP contribution in [0.3, 0.4) is 0 Å². The third-order valence-corrected chi connectivity index (χ3v) is 7.03. The van der Waals surface area contributed by atoms with Crippen molar-refractivity contribution in [2.75, 3.05) is 36.8 Å². The van der Waals surface area contributed by atoms with Crippen molar-refractivity contribution in [3.05, 3.63) is 53.1 Å². The number of piperazine rings is 1. The molecular weight excluding hydrogens is 386 g/mol. The van der Waals surface area contributed by atoms with Gasteiger partial charge in [-0.3, -0.25) is 4.79 Å². The Hall–Kier alpha value is -2.05. The molecule has 0 radical (unpaired) electrons. The van der Waals surface area contributed by atoms with Crippen molar-refractivity contribution in [2.24, 2.45) is 0 Å². The number of rotatable bonds is 4. The van der Waals surface area contributed by atoms with Crippen LogP contribution in [0.5, 0.6) is 0 Å². The van der Waals surface area contributed by atoms with Gasteiger partial charge in [0.25, 0.3) is 5.91 Å². The van der Waals surface area contributed by atoms with Gasteiger partial charge in [-0.2, -0.15) is 0 Å². The predicted molar refractivity (Wildman–Crippen MR) is 120 cm³/mol. The van der Waals surface area contributed by atoms with Crippen molar-refractivity contribution < 1.29 is 4.79 Å². The average molecular weight is 412 g/mol. The van der Waals surface area contributed by atoms with Crippen LogP contribution in [0, 0.1) is 13.8 Å². The van der Waals surface area contributed by atoms with Gasteiger partial charge in [0.15, 0.2) is 5.13 Å². The molecule has 0 unspecified atom stereocenters. The van der Waals surface area contributed by atoms with Gasteiger partial charge in [0.05, 0.1) is 10.2 Å². The first-order valence-corrected chi connectivity index (χ1v) is 11.5. The van der Waals surface area contributed by atoms with Crippen LogP contribution >= 0.6 is 23.1 Å². The summed E-state index contributed by atoms with van der Waals surface area (Å²) in [6, 6.07) is 12.4. The van der Waals surface area contributed by atoms with E-state index in [4.69, 9.17) is 4.98 Å². The number of fused-ring (bicyclic) bond motifs is 1. The molecule has 1 saturated heterocycles. The lowest BCUT2D eigenvalue weighted by atomic mass is 10.1. The number of thiazole rings is 1. The van der Waals surface area contributed by atoms with E-state index in [9.17, 15) is 4.79 Å². The smallest absolute Gasteiger partial charge is 0.253 e. The number of aryl methyl sites for hydroxylation is 2. The maximum atomic E-state index is 12.8. The minimum atomic E-state index is 0.128. The van der Waals surface area contributed by atoms with E-state index in [2.05, 4.69) is 37.8 Å². The maximum Gasteiger partial charge on any atom is 0.253 e. The number of amides is 1. The fraction of sp³-hybridized carbons (Fsp3) is 0.364. The van der Waals surface area contributed by atoms with Crippen LogP contribution in [0.15, 0.2) is 41.3 Å². The molecule has 28 heavy (non-hydrogen) atoms. The van der Waals surface area contributed by atoms with Crippen molar-refractivity contribution in [3.63, 3.8) is 0 Å². The molecule has 6 heteroatoms. The monoisotopic (exact) mass is 411 g/mol. The molecule has 1 fully saturated rings. The summed E-state index contributed by atoms with van der Waals surface area (Å²) in [7, 11) is 0. The molecule has 0 saturated carbocycles. The first-order valence-electron chi connectivity index (χ1n) is 9.70. The zero-order valence-electron chi connectivity index (χ0n) is 16.6. The Morgan fingerprint density at radius 3 is 2.50 bits per heavy atom. The highest BCUT2D eigenvalue weighted by atomic mass is 32.2. The Balaban J connectivity index is 1.43. The second kappa shape index (κ2) is 8.13. The van der Waals surface area contributed by atoms with E-state index < -0.39 is 0 Å². The van der Waals surface area contributed by atoms with E-state index in [0.29, 0.717) is 0 Å². The van der Waals surface area contributed by atoms with Crippen molar-refractivity contribution in [1.29, 1.82) is 0 Å². The van der Waals surface area contributed by atoms with Gasteiger partial charge in [0.2, 0.25) is 0 Å². The summed E-state index contributed by atoms with van der Waals surface area (Å²) in [5.41, 5.74) is 4.39. The van der Waals surface area contributed by atoms with Crippen LogP contribution in [0.25, 0.3) is 10.2 Å². The summed E-state index contributed by atoms with van der Waals surface area (Å²) in [4.78, 5) is 23.2. The van der Waals surface area contributed by atoms with Gasteiger partial charge in [-0.15, -0.1) is 11.8 Å². The number of aromatic nitrogens is 1. The molecule has 0 spiro atoms. The van der Waals surface area contributed by atoms with Crippen molar-refractivity contribution in [3.8, 4) is 0 Å². The lowest BCUT2D eigenvalue weighted by molar-refractivity contribution is 0.0746. The Labute approximate surface area is 174 Å². The molecule has 0 atom stereocenters. The minimum absolute atomic E-state index is 0.128. The maximum absolute atomic E-state index is 12.8. The molecule has 1 aliphatic heterocycles. The van der Waals surface area contributed by atoms with Crippen molar-refractivity contribution in [1.82, 2.24) is 9.88 Å². The molecule has 0 bridgehead atoms. The van der Waals surface area contributed by atoms with Crippen molar-refractivity contribution >= 4 is 44.4 Å². The number of benzene rings is 2. The third kappa shape index (κ3) is 3.89. The van der Waals surface area contributed by atoms with Crippen LogP contribution in [-0.2, 0) is 0 Å². The van der Waals surface area contributed by atoms with Gasteiger partial charge in [-0.1, -0.05) is 24.3 Å². The Kier molecular flexibility index (Phi) is 5.60. The molecule has 0 aliphatic carbocycles. The van der Waals surface area contributed by atoms with Crippen LogP contribution in [0.2, 0.25) is 0 Å². The van der Waals surface area contributed by atoms with Gasteiger partial charge in [0, 0.05) is 36.6 Å². The van der Waals surface area contributed by atoms with Crippen LogP contribution in [-0.4, -0.2) is 47.7 Å². The molecule has 4 rings (SSSR count). The fourth-order valence-electron chi connectivity index (χ4n) is 3.64. The molecular formula is C22H25N3OS2. The highest BCUT2D eigenvalue weighted by molar-refractivity contribution is 7.99. The molecule has 2 aromatic carbocycles. The zero-order chi connectivity index (χ0) is 19.7. The number of hydrogen-bond donors (Lipinski definition) is 0. The number of carbonyl (C=O) groups is 1. The van der Waals surface area contributed by atoms with Gasteiger partial charge in [-0.05, 0) is 61.1 Å². The quantitative estimate of drug-likeness (QED) is 0.567. The average Bonchev–Trinajstić information content (AvgIpc) is 3.13. The summed E-state index contributed by atoms with van der Waals surface area (Å²) in [6.45, 7) is 9.51. The molecule has 1 aliphatic rings. The highest BCUT2D eigenvalue weighted by Crippen LogP contribution is 2.32. The van der Waals surface area contributed by atoms with Gasteiger partial charge in [-0.25, -0.2) is 4.98 Å². The van der Waals surface area contributed by atoms with E-state index in [0.717, 1.165) is 48.1 Å². The molecule has 4 nitrogen and oxygen atoms in total.